The molecular weight excluding hydrogens is 332 g/mol. The van der Waals surface area contributed by atoms with Crippen LogP contribution in [-0.2, 0) is 9.47 Å². The average Bonchev–Trinajstić information content (AvgIpc) is 2.64. The third kappa shape index (κ3) is 5.08. The number of nitrogens with two attached hydrogens (primary N) is 1. The number of rotatable bonds is 7. The molecule has 1 amide bonds. The molecule has 2 fully saturated rings. The summed E-state index contributed by atoms with van der Waals surface area (Å²) in [5, 5.41) is 6.83. The van der Waals surface area contributed by atoms with Crippen LogP contribution >= 0.6 is 0 Å². The number of nitrogens with zero attached hydrogens (tertiary/aromatic N) is 1. The van der Waals surface area contributed by atoms with Crippen LogP contribution in [0, 0.1) is 0 Å². The average molecular weight is 362 g/mol. The predicted molar refractivity (Wildman–Crippen MR) is 102 cm³/mol. The van der Waals surface area contributed by atoms with E-state index in [4.69, 9.17) is 15.2 Å². The van der Waals surface area contributed by atoms with Gasteiger partial charge in [0.15, 0.2) is 0 Å². The molecule has 1 atom stereocenters. The maximum atomic E-state index is 11.7. The largest absolute Gasteiger partial charge is 0.379 e. The van der Waals surface area contributed by atoms with Crippen molar-refractivity contribution in [1.29, 1.82) is 0 Å². The van der Waals surface area contributed by atoms with Crippen molar-refractivity contribution in [3.63, 3.8) is 0 Å². The molecule has 1 saturated carbocycles. The van der Waals surface area contributed by atoms with Gasteiger partial charge >= 0.3 is 0 Å². The molecule has 0 bridgehead atoms. The zero-order chi connectivity index (χ0) is 18.4. The Kier molecular flexibility index (Phi) is 6.68. The van der Waals surface area contributed by atoms with Crippen LogP contribution < -0.4 is 16.4 Å². The molecule has 144 valence electrons. The number of carbonyl (C=O) groups is 1. The lowest BCUT2D eigenvalue weighted by atomic mass is 9.93. The fraction of sp³-hybridized carbons (Fsp3) is 0.684. The number of anilines is 2. The Bertz CT molecular complexity index is 596. The lowest BCUT2D eigenvalue weighted by molar-refractivity contribution is 0.0346. The number of carbonyl (C=O) groups excluding carboxylic acids is 1. The van der Waals surface area contributed by atoms with Gasteiger partial charge in [0, 0.05) is 19.3 Å². The molecule has 0 aromatic carbocycles. The number of primary amides is 1. The summed E-state index contributed by atoms with van der Waals surface area (Å²) in [6.07, 6.45) is 6.63. The van der Waals surface area contributed by atoms with Crippen LogP contribution in [0.3, 0.4) is 0 Å². The third-order valence-corrected chi connectivity index (χ3v) is 5.09. The Morgan fingerprint density at radius 3 is 2.69 bits per heavy atom. The number of nitrogens with one attached hydrogen (secondary N) is 2. The molecule has 7 nitrogen and oxygen atoms in total. The van der Waals surface area contributed by atoms with Gasteiger partial charge in [0.05, 0.1) is 24.3 Å². The molecule has 0 radical (unpaired) electrons. The molecule has 1 saturated heterocycles. The summed E-state index contributed by atoms with van der Waals surface area (Å²) in [4.78, 5) is 16.4. The van der Waals surface area contributed by atoms with E-state index in [9.17, 15) is 4.79 Å². The van der Waals surface area contributed by atoms with Crippen LogP contribution in [0.5, 0.6) is 0 Å². The van der Waals surface area contributed by atoms with E-state index in [2.05, 4.69) is 15.6 Å². The lowest BCUT2D eigenvalue weighted by Gasteiger charge is -2.29. The van der Waals surface area contributed by atoms with Crippen LogP contribution in [0.25, 0.3) is 0 Å². The van der Waals surface area contributed by atoms with Gasteiger partial charge in [-0.25, -0.2) is 4.98 Å². The molecule has 4 N–H and O–H groups in total. The third-order valence-electron chi connectivity index (χ3n) is 5.09. The fourth-order valence-corrected chi connectivity index (χ4v) is 3.71. The van der Waals surface area contributed by atoms with Gasteiger partial charge in [0.2, 0.25) is 0 Å². The Balaban J connectivity index is 1.64. The fourth-order valence-electron chi connectivity index (χ4n) is 3.71. The van der Waals surface area contributed by atoms with Crippen molar-refractivity contribution in [2.45, 2.75) is 63.6 Å². The van der Waals surface area contributed by atoms with Gasteiger partial charge in [0.25, 0.3) is 5.91 Å². The second kappa shape index (κ2) is 9.19. The monoisotopic (exact) mass is 362 g/mol. The van der Waals surface area contributed by atoms with E-state index < -0.39 is 5.91 Å². The SMILES string of the molecule is CCOC1CCC(Nc2ccc(C(N)=O)c(N[C@H]3CCCOC3)n2)CC1. The zero-order valence-corrected chi connectivity index (χ0v) is 15.5. The molecule has 0 unspecified atom stereocenters. The molecule has 1 aromatic heterocycles. The van der Waals surface area contributed by atoms with Gasteiger partial charge in [0.1, 0.15) is 11.6 Å². The van der Waals surface area contributed by atoms with Crippen molar-refractivity contribution < 1.29 is 14.3 Å². The van der Waals surface area contributed by atoms with E-state index in [1.807, 2.05) is 13.0 Å². The van der Waals surface area contributed by atoms with E-state index in [-0.39, 0.29) is 6.04 Å². The highest BCUT2D eigenvalue weighted by molar-refractivity contribution is 5.97. The molecule has 1 aromatic rings. The van der Waals surface area contributed by atoms with Crippen molar-refractivity contribution in [2.75, 3.05) is 30.5 Å². The minimum absolute atomic E-state index is 0.159. The quantitative estimate of drug-likeness (QED) is 0.689. The van der Waals surface area contributed by atoms with E-state index in [1.54, 1.807) is 6.07 Å². The molecule has 2 heterocycles. The number of ether oxygens (including phenoxy) is 2. The second-order valence-electron chi connectivity index (χ2n) is 7.09. The number of amides is 1. The summed E-state index contributed by atoms with van der Waals surface area (Å²) in [5.74, 6) is 0.843. The zero-order valence-electron chi connectivity index (χ0n) is 15.5. The Labute approximate surface area is 155 Å². The molecule has 0 spiro atoms. The lowest BCUT2D eigenvalue weighted by Crippen LogP contribution is -2.32. The highest BCUT2D eigenvalue weighted by atomic mass is 16.5. The standard InChI is InChI=1S/C19H30N4O3/c1-2-26-15-7-5-13(6-8-15)21-17-10-9-16(18(20)24)19(23-17)22-14-4-3-11-25-12-14/h9-10,13-15H,2-8,11-12H2,1H3,(H2,20,24)(H2,21,22,23)/t13?,14-,15?/m0/s1. The highest BCUT2D eigenvalue weighted by Gasteiger charge is 2.22. The normalized spacial score (nSPS) is 26.3. The summed E-state index contributed by atoms with van der Waals surface area (Å²) < 4.78 is 11.2. The second-order valence-corrected chi connectivity index (χ2v) is 7.09. The van der Waals surface area contributed by atoms with Crippen LogP contribution in [0.15, 0.2) is 12.1 Å². The first-order chi connectivity index (χ1) is 12.7. The van der Waals surface area contributed by atoms with Crippen LogP contribution in [-0.4, -0.2) is 48.9 Å². The van der Waals surface area contributed by atoms with Crippen molar-refractivity contribution >= 4 is 17.5 Å². The van der Waals surface area contributed by atoms with Crippen molar-refractivity contribution in [1.82, 2.24) is 4.98 Å². The Morgan fingerprint density at radius 2 is 2.04 bits per heavy atom. The Hall–Kier alpha value is -1.86. The molecular formula is C19H30N4O3. The Morgan fingerprint density at radius 1 is 1.23 bits per heavy atom. The number of aromatic nitrogens is 1. The smallest absolute Gasteiger partial charge is 0.252 e. The molecule has 7 heteroatoms. The summed E-state index contributed by atoms with van der Waals surface area (Å²) in [6, 6.07) is 4.11. The molecule has 3 rings (SSSR count). The molecule has 1 aliphatic carbocycles. The van der Waals surface area contributed by atoms with Crippen LogP contribution in [0.4, 0.5) is 11.6 Å². The minimum atomic E-state index is -0.472. The molecule has 2 aliphatic rings. The first-order valence-electron chi connectivity index (χ1n) is 9.69. The van der Waals surface area contributed by atoms with Gasteiger partial charge in [-0.3, -0.25) is 4.79 Å². The van der Waals surface area contributed by atoms with E-state index >= 15 is 0 Å². The summed E-state index contributed by atoms with van der Waals surface area (Å²) in [7, 11) is 0. The molecule has 26 heavy (non-hydrogen) atoms. The molecule has 1 aliphatic heterocycles. The minimum Gasteiger partial charge on any atom is -0.379 e. The van der Waals surface area contributed by atoms with E-state index in [0.717, 1.165) is 57.6 Å². The first kappa shape index (κ1) is 18.9. The topological polar surface area (TPSA) is 98.5 Å². The summed E-state index contributed by atoms with van der Waals surface area (Å²) in [5.41, 5.74) is 5.93. The summed E-state index contributed by atoms with van der Waals surface area (Å²) in [6.45, 7) is 4.23. The van der Waals surface area contributed by atoms with Crippen LogP contribution in [0.2, 0.25) is 0 Å². The number of pyridine rings is 1. The van der Waals surface area contributed by atoms with Crippen LogP contribution in [0.1, 0.15) is 55.8 Å². The maximum absolute atomic E-state index is 11.7. The maximum Gasteiger partial charge on any atom is 0.252 e. The van der Waals surface area contributed by atoms with Gasteiger partial charge in [-0.15, -0.1) is 0 Å². The van der Waals surface area contributed by atoms with Crippen molar-refractivity contribution in [3.8, 4) is 0 Å². The van der Waals surface area contributed by atoms with E-state index in [0.29, 0.717) is 30.1 Å². The number of hydrogen-bond acceptors (Lipinski definition) is 6. The van der Waals surface area contributed by atoms with Crippen molar-refractivity contribution in [3.05, 3.63) is 17.7 Å². The summed E-state index contributed by atoms with van der Waals surface area (Å²) >= 11 is 0. The first-order valence-corrected chi connectivity index (χ1v) is 9.69. The van der Waals surface area contributed by atoms with Gasteiger partial charge in [-0.1, -0.05) is 0 Å². The van der Waals surface area contributed by atoms with Gasteiger partial charge in [-0.2, -0.15) is 0 Å². The predicted octanol–water partition coefficient (Wildman–Crippen LogP) is 2.53. The highest BCUT2D eigenvalue weighted by Crippen LogP contribution is 2.25. The van der Waals surface area contributed by atoms with Gasteiger partial charge < -0.3 is 25.8 Å². The van der Waals surface area contributed by atoms with Crippen molar-refractivity contribution in [2.24, 2.45) is 5.73 Å². The van der Waals surface area contributed by atoms with E-state index in [1.165, 1.54) is 0 Å². The number of hydrogen-bond donors (Lipinski definition) is 3. The van der Waals surface area contributed by atoms with Gasteiger partial charge in [-0.05, 0) is 57.6 Å².